The molecule has 2 N–H and O–H groups in total. The summed E-state index contributed by atoms with van der Waals surface area (Å²) in [6.45, 7) is 3.29. The van der Waals surface area contributed by atoms with Crippen molar-refractivity contribution in [1.29, 1.82) is 0 Å². The van der Waals surface area contributed by atoms with Gasteiger partial charge in [0, 0.05) is 6.42 Å². The van der Waals surface area contributed by atoms with Crippen LogP contribution in [0, 0.1) is 5.92 Å². The molecule has 1 aromatic rings. The van der Waals surface area contributed by atoms with Crippen LogP contribution in [0.2, 0.25) is 0 Å². The van der Waals surface area contributed by atoms with E-state index in [1.807, 2.05) is 0 Å². The van der Waals surface area contributed by atoms with Gasteiger partial charge in [-0.1, -0.05) is 12.1 Å². The van der Waals surface area contributed by atoms with Crippen molar-refractivity contribution in [1.82, 2.24) is 10.1 Å². The summed E-state index contributed by atoms with van der Waals surface area (Å²) in [4.78, 5) is 4.24. The van der Waals surface area contributed by atoms with Crippen molar-refractivity contribution >= 4 is 0 Å². The lowest BCUT2D eigenvalue weighted by Gasteiger charge is -2.33. The van der Waals surface area contributed by atoms with Crippen molar-refractivity contribution in [3.05, 3.63) is 11.7 Å². The molecular formula is C11H19N3O2. The van der Waals surface area contributed by atoms with E-state index in [0.717, 1.165) is 38.1 Å². The molecule has 0 saturated heterocycles. The van der Waals surface area contributed by atoms with E-state index in [-0.39, 0.29) is 0 Å². The van der Waals surface area contributed by atoms with E-state index in [2.05, 4.69) is 17.1 Å². The summed E-state index contributed by atoms with van der Waals surface area (Å²) in [7, 11) is 0. The highest BCUT2D eigenvalue weighted by Gasteiger charge is 2.28. The molecule has 0 aliphatic heterocycles. The van der Waals surface area contributed by atoms with E-state index in [9.17, 15) is 0 Å². The summed E-state index contributed by atoms with van der Waals surface area (Å²) in [5, 5.41) is 3.87. The fourth-order valence-corrected chi connectivity index (χ4v) is 1.87. The smallest absolute Gasteiger partial charge is 0.252 e. The normalized spacial score (nSPS) is 24.4. The first-order valence-corrected chi connectivity index (χ1v) is 5.95. The quantitative estimate of drug-likeness (QED) is 0.789. The van der Waals surface area contributed by atoms with E-state index in [0.29, 0.717) is 24.5 Å². The van der Waals surface area contributed by atoms with Crippen LogP contribution in [-0.4, -0.2) is 22.8 Å². The number of nitrogens with two attached hydrogens (primary N) is 1. The zero-order valence-electron chi connectivity index (χ0n) is 9.69. The molecule has 0 aromatic carbocycles. The van der Waals surface area contributed by atoms with Gasteiger partial charge in [-0.15, -0.1) is 0 Å². The first-order chi connectivity index (χ1) is 7.81. The van der Waals surface area contributed by atoms with Crippen LogP contribution in [0.1, 0.15) is 37.9 Å². The number of hydrogen-bond acceptors (Lipinski definition) is 5. The van der Waals surface area contributed by atoms with Crippen molar-refractivity contribution in [2.24, 2.45) is 11.7 Å². The Balaban J connectivity index is 1.69. The van der Waals surface area contributed by atoms with Gasteiger partial charge in [-0.25, -0.2) is 0 Å². The van der Waals surface area contributed by atoms with Crippen LogP contribution >= 0.6 is 0 Å². The maximum absolute atomic E-state index is 5.64. The standard InChI is InChI=1S/C11H19N3O2/c1-2-3-10-13-11(16-14-10)7-15-9-4-8(5-9)6-12/h8-9H,2-7,12H2,1H3. The second kappa shape index (κ2) is 5.41. The van der Waals surface area contributed by atoms with Crippen LogP contribution in [0.4, 0.5) is 0 Å². The van der Waals surface area contributed by atoms with Gasteiger partial charge in [0.1, 0.15) is 6.61 Å². The Bertz CT molecular complexity index is 321. The van der Waals surface area contributed by atoms with Gasteiger partial charge in [-0.05, 0) is 31.7 Å². The summed E-state index contributed by atoms with van der Waals surface area (Å²) in [5.74, 6) is 2.00. The summed E-state index contributed by atoms with van der Waals surface area (Å²) in [6.07, 6.45) is 4.34. The van der Waals surface area contributed by atoms with E-state index >= 15 is 0 Å². The number of rotatable bonds is 6. The van der Waals surface area contributed by atoms with Crippen LogP contribution in [0.25, 0.3) is 0 Å². The lowest BCUT2D eigenvalue weighted by atomic mass is 9.82. The lowest BCUT2D eigenvalue weighted by Crippen LogP contribution is -2.35. The average molecular weight is 225 g/mol. The molecule has 0 bridgehead atoms. The highest BCUT2D eigenvalue weighted by atomic mass is 16.5. The van der Waals surface area contributed by atoms with Gasteiger partial charge in [0.2, 0.25) is 0 Å². The molecule has 1 aromatic heterocycles. The minimum atomic E-state index is 0.329. The van der Waals surface area contributed by atoms with Gasteiger partial charge < -0.3 is 15.0 Å². The first-order valence-electron chi connectivity index (χ1n) is 5.95. The van der Waals surface area contributed by atoms with Gasteiger partial charge >= 0.3 is 0 Å². The SMILES string of the molecule is CCCc1noc(COC2CC(CN)C2)n1. The highest BCUT2D eigenvalue weighted by molar-refractivity contribution is 4.86. The van der Waals surface area contributed by atoms with Crippen molar-refractivity contribution in [2.75, 3.05) is 6.54 Å². The molecule has 0 radical (unpaired) electrons. The van der Waals surface area contributed by atoms with Crippen molar-refractivity contribution in [3.8, 4) is 0 Å². The summed E-state index contributed by atoms with van der Waals surface area (Å²) < 4.78 is 10.7. The number of hydrogen-bond donors (Lipinski definition) is 1. The molecule has 5 heteroatoms. The molecule has 1 saturated carbocycles. The monoisotopic (exact) mass is 225 g/mol. The van der Waals surface area contributed by atoms with Crippen molar-refractivity contribution in [2.45, 2.75) is 45.3 Å². The van der Waals surface area contributed by atoms with E-state index < -0.39 is 0 Å². The Hall–Kier alpha value is -0.940. The van der Waals surface area contributed by atoms with Crippen molar-refractivity contribution in [3.63, 3.8) is 0 Å². The molecule has 90 valence electrons. The molecule has 0 spiro atoms. The summed E-state index contributed by atoms with van der Waals surface area (Å²) >= 11 is 0. The maximum atomic E-state index is 5.64. The predicted octanol–water partition coefficient (Wildman–Crippen LogP) is 1.28. The van der Waals surface area contributed by atoms with Crippen LogP contribution in [0.5, 0.6) is 0 Å². The number of aryl methyl sites for hydroxylation is 1. The molecule has 1 heterocycles. The Kier molecular flexibility index (Phi) is 3.90. The van der Waals surface area contributed by atoms with Gasteiger partial charge in [0.15, 0.2) is 5.82 Å². The Morgan fingerprint density at radius 3 is 3.00 bits per heavy atom. The highest BCUT2D eigenvalue weighted by Crippen LogP contribution is 2.29. The first kappa shape index (κ1) is 11.5. The van der Waals surface area contributed by atoms with Crippen LogP contribution in [0.3, 0.4) is 0 Å². The Morgan fingerprint density at radius 2 is 2.31 bits per heavy atom. The Morgan fingerprint density at radius 1 is 1.50 bits per heavy atom. The van der Waals surface area contributed by atoms with Crippen LogP contribution < -0.4 is 5.73 Å². The fourth-order valence-electron chi connectivity index (χ4n) is 1.87. The second-order valence-corrected chi connectivity index (χ2v) is 4.36. The summed E-state index contributed by atoms with van der Waals surface area (Å²) in [6, 6.07) is 0. The molecular weight excluding hydrogens is 206 g/mol. The minimum Gasteiger partial charge on any atom is -0.368 e. The average Bonchev–Trinajstić information content (AvgIpc) is 2.64. The third-order valence-corrected chi connectivity index (χ3v) is 2.95. The molecule has 5 nitrogen and oxygen atoms in total. The predicted molar refractivity (Wildman–Crippen MR) is 58.6 cm³/mol. The Labute approximate surface area is 95.3 Å². The molecule has 2 rings (SSSR count). The second-order valence-electron chi connectivity index (χ2n) is 4.36. The molecule has 16 heavy (non-hydrogen) atoms. The maximum Gasteiger partial charge on any atom is 0.252 e. The van der Waals surface area contributed by atoms with Crippen LogP contribution in [0.15, 0.2) is 4.52 Å². The zero-order valence-corrected chi connectivity index (χ0v) is 9.69. The molecule has 0 atom stereocenters. The zero-order chi connectivity index (χ0) is 11.4. The number of nitrogens with zero attached hydrogens (tertiary/aromatic N) is 2. The lowest BCUT2D eigenvalue weighted by molar-refractivity contribution is -0.0459. The molecule has 1 fully saturated rings. The van der Waals surface area contributed by atoms with E-state index in [1.165, 1.54) is 0 Å². The van der Waals surface area contributed by atoms with Gasteiger partial charge in [0.25, 0.3) is 5.89 Å². The molecule has 1 aliphatic rings. The summed E-state index contributed by atoms with van der Waals surface area (Å²) in [5.41, 5.74) is 5.54. The topological polar surface area (TPSA) is 74.2 Å². The third-order valence-electron chi connectivity index (χ3n) is 2.95. The van der Waals surface area contributed by atoms with Crippen molar-refractivity contribution < 1.29 is 9.26 Å². The molecule has 1 aliphatic carbocycles. The third kappa shape index (κ3) is 2.80. The minimum absolute atomic E-state index is 0.329. The molecule has 0 amide bonds. The largest absolute Gasteiger partial charge is 0.368 e. The fraction of sp³-hybridized carbons (Fsp3) is 0.818. The van der Waals surface area contributed by atoms with Gasteiger partial charge in [-0.2, -0.15) is 4.98 Å². The van der Waals surface area contributed by atoms with E-state index in [1.54, 1.807) is 0 Å². The molecule has 0 unspecified atom stereocenters. The van der Waals surface area contributed by atoms with Gasteiger partial charge in [0.05, 0.1) is 6.10 Å². The van der Waals surface area contributed by atoms with Crippen LogP contribution in [-0.2, 0) is 17.8 Å². The number of ether oxygens (including phenoxy) is 1. The van der Waals surface area contributed by atoms with E-state index in [4.69, 9.17) is 15.0 Å². The van der Waals surface area contributed by atoms with Gasteiger partial charge in [-0.3, -0.25) is 0 Å². The number of aromatic nitrogens is 2.